The summed E-state index contributed by atoms with van der Waals surface area (Å²) in [6.45, 7) is 15.4. The molecule has 1 N–H and O–H groups in total. The second kappa shape index (κ2) is 5.91. The lowest BCUT2D eigenvalue weighted by atomic mass is 9.90. The van der Waals surface area contributed by atoms with Crippen LogP contribution >= 0.6 is 0 Å². The van der Waals surface area contributed by atoms with E-state index in [9.17, 15) is 4.79 Å². The third-order valence-corrected chi connectivity index (χ3v) is 3.18. The van der Waals surface area contributed by atoms with Crippen molar-refractivity contribution in [2.75, 3.05) is 0 Å². The van der Waals surface area contributed by atoms with Gasteiger partial charge in [0, 0.05) is 35.3 Å². The molecule has 0 fully saturated rings. The second-order valence-corrected chi connectivity index (χ2v) is 6.80. The van der Waals surface area contributed by atoms with Gasteiger partial charge in [0.15, 0.2) is 0 Å². The maximum absolute atomic E-state index is 12.6. The Labute approximate surface area is 117 Å². The molecule has 108 valence electrons. The quantitative estimate of drug-likeness (QED) is 0.906. The predicted molar refractivity (Wildman–Crippen MR) is 81.8 cm³/mol. The van der Waals surface area contributed by atoms with Gasteiger partial charge in [-0.3, -0.25) is 4.79 Å². The number of hydrogen-bond acceptors (Lipinski definition) is 2. The Balaban J connectivity index is 3.28. The van der Waals surface area contributed by atoms with Crippen LogP contribution in [0.15, 0.2) is 16.9 Å². The molecule has 0 atom stereocenters. The van der Waals surface area contributed by atoms with E-state index in [0.717, 1.165) is 11.3 Å². The fourth-order valence-corrected chi connectivity index (χ4v) is 2.17. The number of nitrogens with one attached hydrogen (secondary N) is 1. The van der Waals surface area contributed by atoms with Crippen LogP contribution in [0, 0.1) is 0 Å². The van der Waals surface area contributed by atoms with Crippen molar-refractivity contribution in [1.82, 2.24) is 9.88 Å². The molecule has 1 aromatic heterocycles. The van der Waals surface area contributed by atoms with Gasteiger partial charge in [-0.1, -0.05) is 40.7 Å². The second-order valence-electron chi connectivity index (χ2n) is 6.80. The Morgan fingerprint density at radius 2 is 1.74 bits per heavy atom. The summed E-state index contributed by atoms with van der Waals surface area (Å²) in [4.78, 5) is 12.6. The first-order valence-electron chi connectivity index (χ1n) is 7.13. The van der Waals surface area contributed by atoms with Crippen LogP contribution in [0.25, 0.3) is 0 Å². The van der Waals surface area contributed by atoms with E-state index in [1.807, 2.05) is 10.6 Å². The monoisotopic (exact) mass is 264 g/mol. The van der Waals surface area contributed by atoms with Crippen molar-refractivity contribution in [2.24, 2.45) is 0 Å². The highest BCUT2D eigenvalue weighted by Gasteiger charge is 2.21. The molecule has 0 aliphatic rings. The minimum absolute atomic E-state index is 0.0204. The Bertz CT molecular complexity index is 479. The van der Waals surface area contributed by atoms with E-state index in [0.29, 0.717) is 12.6 Å². The third-order valence-electron chi connectivity index (χ3n) is 3.18. The van der Waals surface area contributed by atoms with Crippen LogP contribution in [0.4, 0.5) is 0 Å². The van der Waals surface area contributed by atoms with E-state index in [2.05, 4.69) is 59.8 Å². The van der Waals surface area contributed by atoms with Gasteiger partial charge in [0.2, 0.25) is 0 Å². The first-order valence-corrected chi connectivity index (χ1v) is 7.13. The minimum atomic E-state index is -0.0204. The van der Waals surface area contributed by atoms with Gasteiger partial charge < -0.3 is 9.88 Å². The molecule has 0 aromatic carbocycles. The van der Waals surface area contributed by atoms with Crippen molar-refractivity contribution in [1.29, 1.82) is 0 Å². The van der Waals surface area contributed by atoms with Gasteiger partial charge in [-0.2, -0.15) is 0 Å². The molecule has 3 heteroatoms. The number of hydrogen-bond donors (Lipinski definition) is 1. The highest BCUT2D eigenvalue weighted by Crippen LogP contribution is 2.23. The molecule has 0 saturated carbocycles. The smallest absolute Gasteiger partial charge is 0.255 e. The average molecular weight is 264 g/mol. The summed E-state index contributed by atoms with van der Waals surface area (Å²) in [5.41, 5.74) is 2.06. The Morgan fingerprint density at radius 3 is 2.16 bits per heavy atom. The molecule has 0 spiro atoms. The van der Waals surface area contributed by atoms with Crippen LogP contribution in [-0.4, -0.2) is 10.6 Å². The summed E-state index contributed by atoms with van der Waals surface area (Å²) in [5, 5.41) is 3.31. The van der Waals surface area contributed by atoms with Crippen LogP contribution < -0.4 is 10.9 Å². The Kier molecular flexibility index (Phi) is 4.97. The molecule has 1 rings (SSSR count). The predicted octanol–water partition coefficient (Wildman–Crippen LogP) is 3.22. The van der Waals surface area contributed by atoms with Crippen LogP contribution in [0.3, 0.4) is 0 Å². The van der Waals surface area contributed by atoms with Gasteiger partial charge in [0.1, 0.15) is 0 Å². The summed E-state index contributed by atoms with van der Waals surface area (Å²) < 4.78 is 1.93. The highest BCUT2D eigenvalue weighted by molar-refractivity contribution is 5.22. The normalized spacial score (nSPS) is 12.5. The summed E-state index contributed by atoms with van der Waals surface area (Å²) in [6.07, 6.45) is 0. The molecule has 0 radical (unpaired) electrons. The summed E-state index contributed by atoms with van der Waals surface area (Å²) in [6, 6.07) is 4.63. The van der Waals surface area contributed by atoms with Crippen molar-refractivity contribution >= 4 is 0 Å². The van der Waals surface area contributed by atoms with Gasteiger partial charge in [-0.25, -0.2) is 0 Å². The Morgan fingerprint density at radius 1 is 1.16 bits per heavy atom. The molecule has 0 aliphatic carbocycles. The SMILES string of the molecule is CC(C)NCc1ccc(C(C)(C)C)n(C(C)C)c1=O. The van der Waals surface area contributed by atoms with Gasteiger partial charge in [-0.05, 0) is 19.9 Å². The maximum Gasteiger partial charge on any atom is 0.255 e. The first-order chi connectivity index (χ1) is 8.64. The fraction of sp³-hybridized carbons (Fsp3) is 0.688. The van der Waals surface area contributed by atoms with E-state index in [1.165, 1.54) is 0 Å². The van der Waals surface area contributed by atoms with Gasteiger partial charge >= 0.3 is 0 Å². The highest BCUT2D eigenvalue weighted by atomic mass is 16.1. The summed E-state index contributed by atoms with van der Waals surface area (Å²) >= 11 is 0. The fourth-order valence-electron chi connectivity index (χ4n) is 2.17. The number of rotatable bonds is 4. The van der Waals surface area contributed by atoms with Gasteiger partial charge in [-0.15, -0.1) is 0 Å². The molecule has 0 amide bonds. The third kappa shape index (κ3) is 3.93. The number of pyridine rings is 1. The van der Waals surface area contributed by atoms with Crippen molar-refractivity contribution in [3.8, 4) is 0 Å². The lowest BCUT2D eigenvalue weighted by Gasteiger charge is -2.27. The molecule has 0 saturated heterocycles. The molecule has 19 heavy (non-hydrogen) atoms. The van der Waals surface area contributed by atoms with Crippen LogP contribution in [0.2, 0.25) is 0 Å². The summed E-state index contributed by atoms with van der Waals surface area (Å²) in [5.74, 6) is 0. The topological polar surface area (TPSA) is 34.0 Å². The standard InChI is InChI=1S/C16H28N2O/c1-11(2)17-10-13-8-9-14(16(5,6)7)18(12(3)4)15(13)19/h8-9,11-12,17H,10H2,1-7H3. The molecule has 1 aromatic rings. The van der Waals surface area contributed by atoms with E-state index >= 15 is 0 Å². The lowest BCUT2D eigenvalue weighted by Crippen LogP contribution is -2.35. The van der Waals surface area contributed by atoms with Crippen molar-refractivity contribution < 1.29 is 0 Å². The Hall–Kier alpha value is -1.09. The molecule has 0 unspecified atom stereocenters. The molecular formula is C16H28N2O. The first kappa shape index (κ1) is 16.0. The van der Waals surface area contributed by atoms with Crippen LogP contribution in [0.1, 0.15) is 65.8 Å². The van der Waals surface area contributed by atoms with Crippen molar-refractivity contribution in [2.45, 2.75) is 72.5 Å². The number of nitrogens with zero attached hydrogens (tertiary/aromatic N) is 1. The molecule has 0 bridgehead atoms. The zero-order valence-electron chi connectivity index (χ0n) is 13.4. The minimum Gasteiger partial charge on any atom is -0.310 e. The van der Waals surface area contributed by atoms with Crippen molar-refractivity contribution in [3.63, 3.8) is 0 Å². The maximum atomic E-state index is 12.6. The van der Waals surface area contributed by atoms with Gasteiger partial charge in [0.25, 0.3) is 5.56 Å². The van der Waals surface area contributed by atoms with Crippen molar-refractivity contribution in [3.05, 3.63) is 33.7 Å². The molecule has 3 nitrogen and oxygen atoms in total. The zero-order valence-corrected chi connectivity index (χ0v) is 13.4. The molecule has 0 aliphatic heterocycles. The van der Waals surface area contributed by atoms with Crippen LogP contribution in [-0.2, 0) is 12.0 Å². The lowest BCUT2D eigenvalue weighted by molar-refractivity contribution is 0.462. The average Bonchev–Trinajstić information content (AvgIpc) is 2.24. The molecular weight excluding hydrogens is 236 g/mol. The number of aromatic nitrogens is 1. The largest absolute Gasteiger partial charge is 0.310 e. The zero-order chi connectivity index (χ0) is 14.8. The van der Waals surface area contributed by atoms with E-state index in [4.69, 9.17) is 0 Å². The van der Waals surface area contributed by atoms with Gasteiger partial charge in [0.05, 0.1) is 0 Å². The van der Waals surface area contributed by atoms with Crippen LogP contribution in [0.5, 0.6) is 0 Å². The van der Waals surface area contributed by atoms with E-state index in [1.54, 1.807) is 0 Å². The van der Waals surface area contributed by atoms with E-state index in [-0.39, 0.29) is 17.0 Å². The van der Waals surface area contributed by atoms with E-state index < -0.39 is 0 Å². The summed E-state index contributed by atoms with van der Waals surface area (Å²) in [7, 11) is 0. The molecule has 1 heterocycles.